The molecule has 1 aliphatic carbocycles. The number of nitrogens with two attached hydrogens (primary N) is 1. The number of carbonyl (C=O) groups is 1. The van der Waals surface area contributed by atoms with E-state index in [4.69, 9.17) is 17.3 Å². The van der Waals surface area contributed by atoms with Crippen molar-refractivity contribution in [2.45, 2.75) is 5.92 Å². The molecule has 2 N–H and O–H groups in total. The number of carbonyl (C=O) groups excluding carboxylic acids is 1. The van der Waals surface area contributed by atoms with Gasteiger partial charge in [-0.2, -0.15) is 0 Å². The van der Waals surface area contributed by atoms with Gasteiger partial charge in [0.2, 0.25) is 5.91 Å². The third kappa shape index (κ3) is 2.04. The molecule has 94 valence electrons. The molecule has 2 aromatic rings. The van der Waals surface area contributed by atoms with Gasteiger partial charge in [0.05, 0.1) is 5.92 Å². The average molecular weight is 270 g/mol. The van der Waals surface area contributed by atoms with E-state index in [2.05, 4.69) is 0 Å². The highest BCUT2D eigenvalue weighted by Crippen LogP contribution is 2.35. The lowest BCUT2D eigenvalue weighted by molar-refractivity contribution is -0.118. The minimum atomic E-state index is -0.458. The molecule has 0 fully saturated rings. The first-order valence-corrected chi connectivity index (χ1v) is 6.40. The number of hydrogen-bond acceptors (Lipinski definition) is 1. The van der Waals surface area contributed by atoms with Crippen LogP contribution in [0.4, 0.5) is 0 Å². The van der Waals surface area contributed by atoms with E-state index in [1.54, 1.807) is 0 Å². The van der Waals surface area contributed by atoms with Gasteiger partial charge in [0.15, 0.2) is 0 Å². The standard InChI is InChI=1S/C16H12ClNO/c17-12-8-7-11-6-5-10-3-1-2-4-13(10)15(16(18)19)14(11)9-12/h1-9,15H,(H2,18,19)/t15-/m0/s1. The molecule has 19 heavy (non-hydrogen) atoms. The number of fused-ring (bicyclic) bond motifs is 2. The molecular weight excluding hydrogens is 258 g/mol. The maximum absolute atomic E-state index is 11.9. The lowest BCUT2D eigenvalue weighted by atomic mass is 9.87. The van der Waals surface area contributed by atoms with Gasteiger partial charge in [0, 0.05) is 5.02 Å². The molecule has 2 nitrogen and oxygen atoms in total. The zero-order chi connectivity index (χ0) is 13.4. The summed E-state index contributed by atoms with van der Waals surface area (Å²) < 4.78 is 0. The fourth-order valence-corrected chi connectivity index (χ4v) is 2.71. The molecule has 3 rings (SSSR count). The van der Waals surface area contributed by atoms with Crippen molar-refractivity contribution in [2.24, 2.45) is 5.73 Å². The first kappa shape index (κ1) is 12.0. The lowest BCUT2D eigenvalue weighted by Gasteiger charge is -2.17. The molecule has 0 saturated heterocycles. The molecule has 0 spiro atoms. The second-order valence-corrected chi connectivity index (χ2v) is 5.01. The number of benzene rings is 2. The maximum Gasteiger partial charge on any atom is 0.229 e. The minimum absolute atomic E-state index is 0.361. The summed E-state index contributed by atoms with van der Waals surface area (Å²) in [7, 11) is 0. The third-order valence-electron chi connectivity index (χ3n) is 3.39. The Morgan fingerprint density at radius 2 is 1.68 bits per heavy atom. The Labute approximate surface area is 116 Å². The molecule has 1 amide bonds. The van der Waals surface area contributed by atoms with Crippen molar-refractivity contribution >= 4 is 29.7 Å². The fourth-order valence-electron chi connectivity index (χ4n) is 2.53. The van der Waals surface area contributed by atoms with Crippen LogP contribution in [-0.4, -0.2) is 5.91 Å². The predicted octanol–water partition coefficient (Wildman–Crippen LogP) is 3.44. The van der Waals surface area contributed by atoms with Crippen LogP contribution in [0.25, 0.3) is 12.2 Å². The summed E-state index contributed by atoms with van der Waals surface area (Å²) in [6.45, 7) is 0. The summed E-state index contributed by atoms with van der Waals surface area (Å²) in [5, 5.41) is 0.609. The van der Waals surface area contributed by atoms with E-state index in [-0.39, 0.29) is 5.91 Å². The summed E-state index contributed by atoms with van der Waals surface area (Å²) in [5.41, 5.74) is 9.38. The summed E-state index contributed by atoms with van der Waals surface area (Å²) in [4.78, 5) is 11.9. The number of hydrogen-bond donors (Lipinski definition) is 1. The van der Waals surface area contributed by atoms with Crippen molar-refractivity contribution in [3.63, 3.8) is 0 Å². The predicted molar refractivity (Wildman–Crippen MR) is 77.9 cm³/mol. The molecule has 1 atom stereocenters. The van der Waals surface area contributed by atoms with Crippen LogP contribution in [-0.2, 0) is 4.79 Å². The van der Waals surface area contributed by atoms with Crippen LogP contribution in [0.5, 0.6) is 0 Å². The zero-order valence-corrected chi connectivity index (χ0v) is 10.9. The van der Waals surface area contributed by atoms with Crippen LogP contribution in [0, 0.1) is 0 Å². The monoisotopic (exact) mass is 269 g/mol. The van der Waals surface area contributed by atoms with Gasteiger partial charge in [0.1, 0.15) is 0 Å². The van der Waals surface area contributed by atoms with Gasteiger partial charge in [-0.05, 0) is 34.4 Å². The molecule has 0 aliphatic heterocycles. The van der Waals surface area contributed by atoms with E-state index in [1.165, 1.54) is 0 Å². The van der Waals surface area contributed by atoms with Crippen LogP contribution in [0.15, 0.2) is 42.5 Å². The van der Waals surface area contributed by atoms with Crippen LogP contribution >= 0.6 is 11.6 Å². The molecule has 0 radical (unpaired) electrons. The summed E-state index contributed by atoms with van der Waals surface area (Å²) in [6, 6.07) is 13.3. The average Bonchev–Trinajstić information content (AvgIpc) is 2.54. The Kier molecular flexibility index (Phi) is 2.88. The van der Waals surface area contributed by atoms with Crippen molar-refractivity contribution in [2.75, 3.05) is 0 Å². The smallest absolute Gasteiger partial charge is 0.229 e. The molecule has 0 unspecified atom stereocenters. The number of halogens is 1. The largest absolute Gasteiger partial charge is 0.369 e. The van der Waals surface area contributed by atoms with Crippen molar-refractivity contribution in [3.8, 4) is 0 Å². The van der Waals surface area contributed by atoms with E-state index in [9.17, 15) is 4.79 Å². The summed E-state index contributed by atoms with van der Waals surface area (Å²) in [5.74, 6) is -0.820. The van der Waals surface area contributed by atoms with Gasteiger partial charge in [-0.15, -0.1) is 0 Å². The first-order valence-electron chi connectivity index (χ1n) is 6.02. The third-order valence-corrected chi connectivity index (χ3v) is 3.63. The van der Waals surface area contributed by atoms with E-state index in [0.29, 0.717) is 5.02 Å². The zero-order valence-electron chi connectivity index (χ0n) is 10.1. The van der Waals surface area contributed by atoms with Gasteiger partial charge in [-0.25, -0.2) is 0 Å². The molecule has 0 heterocycles. The molecule has 0 bridgehead atoms. The van der Waals surface area contributed by atoms with Crippen LogP contribution in [0.2, 0.25) is 5.02 Å². The van der Waals surface area contributed by atoms with E-state index >= 15 is 0 Å². The van der Waals surface area contributed by atoms with Crippen LogP contribution in [0.3, 0.4) is 0 Å². The van der Waals surface area contributed by atoms with Gasteiger partial charge >= 0.3 is 0 Å². The molecule has 0 aromatic heterocycles. The Balaban J connectivity index is 2.31. The van der Waals surface area contributed by atoms with E-state index in [1.807, 2.05) is 54.6 Å². The quantitative estimate of drug-likeness (QED) is 0.847. The highest BCUT2D eigenvalue weighted by atomic mass is 35.5. The minimum Gasteiger partial charge on any atom is -0.369 e. The lowest BCUT2D eigenvalue weighted by Crippen LogP contribution is -2.23. The Morgan fingerprint density at radius 3 is 2.42 bits per heavy atom. The summed E-state index contributed by atoms with van der Waals surface area (Å²) >= 11 is 6.05. The van der Waals surface area contributed by atoms with Crippen molar-refractivity contribution in [1.82, 2.24) is 0 Å². The number of amides is 1. The number of primary amides is 1. The van der Waals surface area contributed by atoms with Gasteiger partial charge < -0.3 is 5.73 Å². The molecule has 1 aliphatic rings. The van der Waals surface area contributed by atoms with Crippen LogP contribution in [0.1, 0.15) is 28.2 Å². The van der Waals surface area contributed by atoms with Gasteiger partial charge in [-0.1, -0.05) is 54.1 Å². The molecule has 3 heteroatoms. The van der Waals surface area contributed by atoms with Gasteiger partial charge in [-0.3, -0.25) is 4.79 Å². The summed E-state index contributed by atoms with van der Waals surface area (Å²) in [6.07, 6.45) is 4.00. The number of rotatable bonds is 1. The first-order chi connectivity index (χ1) is 9.16. The topological polar surface area (TPSA) is 43.1 Å². The maximum atomic E-state index is 11.9. The van der Waals surface area contributed by atoms with Crippen molar-refractivity contribution in [3.05, 3.63) is 69.7 Å². The SMILES string of the molecule is NC(=O)[C@H]1c2ccccc2C=Cc2ccc(Cl)cc21. The Bertz CT molecular complexity index is 691. The normalized spacial score (nSPS) is 16.4. The van der Waals surface area contributed by atoms with Gasteiger partial charge in [0.25, 0.3) is 0 Å². The Hall–Kier alpha value is -2.06. The van der Waals surface area contributed by atoms with E-state index in [0.717, 1.165) is 22.3 Å². The van der Waals surface area contributed by atoms with Crippen molar-refractivity contribution < 1.29 is 4.79 Å². The van der Waals surface area contributed by atoms with Crippen molar-refractivity contribution in [1.29, 1.82) is 0 Å². The second kappa shape index (κ2) is 4.56. The second-order valence-electron chi connectivity index (χ2n) is 4.57. The molecule has 0 saturated carbocycles. The highest BCUT2D eigenvalue weighted by Gasteiger charge is 2.26. The van der Waals surface area contributed by atoms with E-state index < -0.39 is 5.92 Å². The van der Waals surface area contributed by atoms with Crippen LogP contribution < -0.4 is 5.73 Å². The Morgan fingerprint density at radius 1 is 1.00 bits per heavy atom. The highest BCUT2D eigenvalue weighted by molar-refractivity contribution is 6.30. The molecule has 2 aromatic carbocycles. The molecular formula is C16H12ClNO. The fraction of sp³-hybridized carbons (Fsp3) is 0.0625.